The van der Waals surface area contributed by atoms with Crippen molar-refractivity contribution in [1.29, 1.82) is 0 Å². The van der Waals surface area contributed by atoms with Gasteiger partial charge in [-0.2, -0.15) is 0 Å². The van der Waals surface area contributed by atoms with Gasteiger partial charge in [0.25, 0.3) is 0 Å². The fraction of sp³-hybridized carbons (Fsp3) is 0.316. The number of phenolic OH excluding ortho intramolecular Hbond substituents is 1. The molecule has 0 radical (unpaired) electrons. The second kappa shape index (κ2) is 9.17. The number of carboxylic acid groups (broad SMARTS) is 1. The van der Waals surface area contributed by atoms with Gasteiger partial charge in [-0.25, -0.2) is 9.18 Å². The number of halogens is 1. The average Bonchev–Trinajstić information content (AvgIpc) is 2.61. The van der Waals surface area contributed by atoms with Crippen LogP contribution in [0, 0.1) is 5.82 Å². The van der Waals surface area contributed by atoms with Gasteiger partial charge in [0.05, 0.1) is 6.10 Å². The van der Waals surface area contributed by atoms with Gasteiger partial charge in [-0.05, 0) is 49.2 Å². The highest BCUT2D eigenvalue weighted by Gasteiger charge is 2.16. The van der Waals surface area contributed by atoms with E-state index in [4.69, 9.17) is 9.84 Å². The zero-order valence-corrected chi connectivity index (χ0v) is 14.4. The summed E-state index contributed by atoms with van der Waals surface area (Å²) in [5, 5.41) is 31.3. The summed E-state index contributed by atoms with van der Waals surface area (Å²) in [6, 6.07) is 10.3. The Bertz CT molecular complexity index is 735. The second-order valence-corrected chi connectivity index (χ2v) is 5.96. The molecule has 0 saturated heterocycles. The van der Waals surface area contributed by atoms with Crippen molar-refractivity contribution in [2.45, 2.75) is 25.5 Å². The third-order valence-corrected chi connectivity index (χ3v) is 3.96. The molecule has 0 aliphatic rings. The molecule has 2 atom stereocenters. The van der Waals surface area contributed by atoms with Crippen LogP contribution in [0.25, 0.3) is 0 Å². The van der Waals surface area contributed by atoms with Crippen molar-refractivity contribution in [2.24, 2.45) is 0 Å². The van der Waals surface area contributed by atoms with Crippen molar-refractivity contribution in [3.05, 3.63) is 59.4 Å². The SMILES string of the molecule is C[C@H](NCCc1ccc(OCC(=O)O)cc1F)[C@H](O)c1ccc(O)cc1. The Kier molecular flexibility index (Phi) is 6.94. The van der Waals surface area contributed by atoms with E-state index in [0.717, 1.165) is 6.07 Å². The smallest absolute Gasteiger partial charge is 0.341 e. The Balaban J connectivity index is 1.84. The number of benzene rings is 2. The Morgan fingerprint density at radius 3 is 2.54 bits per heavy atom. The highest BCUT2D eigenvalue weighted by Crippen LogP contribution is 2.20. The Hall–Kier alpha value is -2.64. The highest BCUT2D eigenvalue weighted by atomic mass is 19.1. The van der Waals surface area contributed by atoms with Crippen molar-refractivity contribution in [3.8, 4) is 11.5 Å². The minimum Gasteiger partial charge on any atom is -0.508 e. The minimum atomic E-state index is -1.13. The number of phenols is 1. The Labute approximate surface area is 150 Å². The van der Waals surface area contributed by atoms with Gasteiger partial charge in [0.15, 0.2) is 6.61 Å². The van der Waals surface area contributed by atoms with E-state index in [1.165, 1.54) is 18.2 Å². The fourth-order valence-corrected chi connectivity index (χ4v) is 2.47. The van der Waals surface area contributed by atoms with Crippen molar-refractivity contribution in [3.63, 3.8) is 0 Å². The normalized spacial score (nSPS) is 13.2. The summed E-state index contributed by atoms with van der Waals surface area (Å²) < 4.78 is 19.0. The molecule has 2 aromatic rings. The molecule has 2 aromatic carbocycles. The lowest BCUT2D eigenvalue weighted by atomic mass is 10.0. The van der Waals surface area contributed by atoms with Gasteiger partial charge in [-0.15, -0.1) is 0 Å². The molecule has 0 fully saturated rings. The standard InChI is InChI=1S/C19H22FNO5/c1-12(19(25)14-2-5-15(22)6-3-14)21-9-8-13-4-7-16(10-17(13)20)26-11-18(23)24/h2-7,10,12,19,21-22,25H,8-9,11H2,1H3,(H,23,24)/t12-,19-/m0/s1. The number of ether oxygens (including phenoxy) is 1. The first-order valence-electron chi connectivity index (χ1n) is 8.20. The Morgan fingerprint density at radius 2 is 1.92 bits per heavy atom. The molecule has 0 unspecified atom stereocenters. The summed E-state index contributed by atoms with van der Waals surface area (Å²) >= 11 is 0. The van der Waals surface area contributed by atoms with Gasteiger partial charge in [0.1, 0.15) is 17.3 Å². The minimum absolute atomic E-state index is 0.132. The first-order valence-corrected chi connectivity index (χ1v) is 8.20. The van der Waals surface area contributed by atoms with E-state index >= 15 is 0 Å². The largest absolute Gasteiger partial charge is 0.508 e. The summed E-state index contributed by atoms with van der Waals surface area (Å²) in [5.74, 6) is -1.30. The van der Waals surface area contributed by atoms with Gasteiger partial charge >= 0.3 is 5.97 Å². The lowest BCUT2D eigenvalue weighted by molar-refractivity contribution is -0.139. The van der Waals surface area contributed by atoms with Crippen LogP contribution >= 0.6 is 0 Å². The van der Waals surface area contributed by atoms with Crippen LogP contribution in [-0.4, -0.2) is 40.5 Å². The number of hydrogen-bond acceptors (Lipinski definition) is 5. The quantitative estimate of drug-likeness (QED) is 0.545. The molecule has 0 aliphatic heterocycles. The van der Waals surface area contributed by atoms with Gasteiger partial charge < -0.3 is 25.4 Å². The maximum Gasteiger partial charge on any atom is 0.341 e. The van der Waals surface area contributed by atoms with Crippen LogP contribution in [0.3, 0.4) is 0 Å². The molecule has 140 valence electrons. The number of rotatable bonds is 9. The number of carbonyl (C=O) groups is 1. The maximum absolute atomic E-state index is 14.0. The molecule has 0 saturated carbocycles. The molecule has 0 spiro atoms. The van der Waals surface area contributed by atoms with Gasteiger partial charge in [0.2, 0.25) is 0 Å². The predicted octanol–water partition coefficient (Wildman–Crippen LogP) is 2.25. The van der Waals surface area contributed by atoms with Crippen LogP contribution in [0.4, 0.5) is 4.39 Å². The third kappa shape index (κ3) is 5.72. The lowest BCUT2D eigenvalue weighted by Crippen LogP contribution is -2.33. The van der Waals surface area contributed by atoms with E-state index in [1.807, 2.05) is 6.92 Å². The summed E-state index contributed by atoms with van der Waals surface area (Å²) in [4.78, 5) is 10.4. The highest BCUT2D eigenvalue weighted by molar-refractivity contribution is 5.68. The molecule has 0 aliphatic carbocycles. The van der Waals surface area contributed by atoms with Crippen LogP contribution in [0.1, 0.15) is 24.2 Å². The number of carboxylic acids is 1. The van der Waals surface area contributed by atoms with Crippen LogP contribution in [0.5, 0.6) is 11.5 Å². The van der Waals surface area contributed by atoms with Crippen molar-refractivity contribution in [2.75, 3.05) is 13.2 Å². The molecule has 0 aromatic heterocycles. The summed E-state index contributed by atoms with van der Waals surface area (Å²) in [6.45, 7) is 1.74. The maximum atomic E-state index is 14.0. The summed E-state index contributed by atoms with van der Waals surface area (Å²) in [7, 11) is 0. The molecule has 0 heterocycles. The third-order valence-electron chi connectivity index (χ3n) is 3.96. The lowest BCUT2D eigenvalue weighted by Gasteiger charge is -2.21. The number of aliphatic carboxylic acids is 1. The molecule has 4 N–H and O–H groups in total. The average molecular weight is 363 g/mol. The van der Waals surface area contributed by atoms with Crippen LogP contribution in [0.15, 0.2) is 42.5 Å². The number of aromatic hydroxyl groups is 1. The Morgan fingerprint density at radius 1 is 1.23 bits per heavy atom. The van der Waals surface area contributed by atoms with Crippen molar-refractivity contribution >= 4 is 5.97 Å². The van der Waals surface area contributed by atoms with Crippen LogP contribution < -0.4 is 10.1 Å². The summed E-state index contributed by atoms with van der Waals surface area (Å²) in [6.07, 6.45) is -0.357. The summed E-state index contributed by atoms with van der Waals surface area (Å²) in [5.41, 5.74) is 1.14. The van der Waals surface area contributed by atoms with E-state index in [-0.39, 0.29) is 17.5 Å². The molecule has 0 bridgehead atoms. The van der Waals surface area contributed by atoms with E-state index in [0.29, 0.717) is 24.1 Å². The molecule has 7 heteroatoms. The molecular formula is C19H22FNO5. The van der Waals surface area contributed by atoms with Crippen LogP contribution in [0.2, 0.25) is 0 Å². The molecule has 6 nitrogen and oxygen atoms in total. The van der Waals surface area contributed by atoms with E-state index in [2.05, 4.69) is 5.32 Å². The van der Waals surface area contributed by atoms with Gasteiger partial charge in [0, 0.05) is 12.1 Å². The van der Waals surface area contributed by atoms with E-state index in [1.54, 1.807) is 18.2 Å². The van der Waals surface area contributed by atoms with E-state index < -0.39 is 24.5 Å². The topological polar surface area (TPSA) is 99.0 Å². The fourth-order valence-electron chi connectivity index (χ4n) is 2.47. The number of aliphatic hydroxyl groups is 1. The van der Waals surface area contributed by atoms with Gasteiger partial charge in [-0.1, -0.05) is 18.2 Å². The monoisotopic (exact) mass is 363 g/mol. The van der Waals surface area contributed by atoms with E-state index in [9.17, 15) is 19.4 Å². The first-order chi connectivity index (χ1) is 12.4. The van der Waals surface area contributed by atoms with Crippen LogP contribution in [-0.2, 0) is 11.2 Å². The number of aliphatic hydroxyl groups excluding tert-OH is 1. The molecule has 2 rings (SSSR count). The molecule has 26 heavy (non-hydrogen) atoms. The zero-order valence-electron chi connectivity index (χ0n) is 14.4. The molecular weight excluding hydrogens is 341 g/mol. The number of nitrogens with one attached hydrogen (secondary N) is 1. The first kappa shape index (κ1) is 19.7. The van der Waals surface area contributed by atoms with Crippen molar-refractivity contribution in [1.82, 2.24) is 5.32 Å². The zero-order chi connectivity index (χ0) is 19.1. The predicted molar refractivity (Wildman–Crippen MR) is 93.8 cm³/mol. The molecule has 0 amide bonds. The second-order valence-electron chi connectivity index (χ2n) is 5.96. The van der Waals surface area contributed by atoms with Gasteiger partial charge in [-0.3, -0.25) is 0 Å². The van der Waals surface area contributed by atoms with Crippen molar-refractivity contribution < 1.29 is 29.2 Å². The number of hydrogen-bond donors (Lipinski definition) is 4.